The van der Waals surface area contributed by atoms with Gasteiger partial charge < -0.3 is 9.47 Å². The zero-order valence-corrected chi connectivity index (χ0v) is 15.9. The Morgan fingerprint density at radius 1 is 1.40 bits per heavy atom. The van der Waals surface area contributed by atoms with Gasteiger partial charge >= 0.3 is 11.9 Å². The van der Waals surface area contributed by atoms with Crippen LogP contribution in [0.25, 0.3) is 0 Å². The van der Waals surface area contributed by atoms with Crippen LogP contribution in [-0.4, -0.2) is 23.4 Å². The molecule has 1 spiro atoms. The van der Waals surface area contributed by atoms with Gasteiger partial charge in [-0.15, -0.1) is 11.6 Å². The van der Waals surface area contributed by atoms with Gasteiger partial charge in [0.05, 0.1) is 5.41 Å². The number of halogens is 1. The lowest BCUT2D eigenvalue weighted by Gasteiger charge is -2.27. The molecule has 0 saturated heterocycles. The van der Waals surface area contributed by atoms with Crippen LogP contribution >= 0.6 is 11.6 Å². The van der Waals surface area contributed by atoms with E-state index in [1.165, 1.54) is 0 Å². The van der Waals surface area contributed by atoms with Crippen LogP contribution in [0.15, 0.2) is 47.8 Å². The molecule has 4 nitrogen and oxygen atoms in total. The maximum absolute atomic E-state index is 12.7. The topological polar surface area (TPSA) is 52.6 Å². The van der Waals surface area contributed by atoms with Crippen molar-refractivity contribution in [2.75, 3.05) is 5.88 Å². The molecule has 0 bridgehead atoms. The van der Waals surface area contributed by atoms with Crippen LogP contribution in [0.1, 0.15) is 46.5 Å². The molecule has 0 amide bonds. The van der Waals surface area contributed by atoms with Crippen LogP contribution in [-0.2, 0) is 19.1 Å². The number of alkyl halides is 1. The summed E-state index contributed by atoms with van der Waals surface area (Å²) < 4.78 is 11.5. The summed E-state index contributed by atoms with van der Waals surface area (Å²) in [6.45, 7) is 12.8. The third-order valence-corrected chi connectivity index (χ3v) is 5.31. The summed E-state index contributed by atoms with van der Waals surface area (Å²) in [5.41, 5.74) is -0.202. The average Bonchev–Trinajstić information content (AvgIpc) is 3.11. The molecule has 1 aliphatic carbocycles. The molecule has 0 atom stereocenters. The van der Waals surface area contributed by atoms with Gasteiger partial charge in [-0.3, -0.25) is 4.79 Å². The van der Waals surface area contributed by atoms with E-state index >= 15 is 0 Å². The minimum Gasteiger partial charge on any atom is -0.447 e. The molecule has 1 fully saturated rings. The van der Waals surface area contributed by atoms with Crippen LogP contribution < -0.4 is 0 Å². The Morgan fingerprint density at radius 3 is 2.48 bits per heavy atom. The molecule has 5 heteroatoms. The second kappa shape index (κ2) is 7.20. The van der Waals surface area contributed by atoms with Gasteiger partial charge in [0.2, 0.25) is 0 Å². The Kier molecular flexibility index (Phi) is 5.62. The molecule has 0 aromatic rings. The second-order valence-corrected chi connectivity index (χ2v) is 7.57. The second-order valence-electron chi connectivity index (χ2n) is 7.30. The lowest BCUT2D eigenvalue weighted by molar-refractivity contribution is -0.157. The number of hydrogen-bond acceptors (Lipinski definition) is 4. The summed E-state index contributed by atoms with van der Waals surface area (Å²) >= 11 is 5.90. The smallest absolute Gasteiger partial charge is 0.343 e. The van der Waals surface area contributed by atoms with Crippen molar-refractivity contribution in [2.24, 2.45) is 5.41 Å². The first kappa shape index (κ1) is 19.5. The number of carbonyl (C=O) groups excluding carboxylic acids is 2. The summed E-state index contributed by atoms with van der Waals surface area (Å²) in [6, 6.07) is 0. The van der Waals surface area contributed by atoms with E-state index in [2.05, 4.69) is 13.2 Å². The molecule has 2 aliphatic rings. The van der Waals surface area contributed by atoms with Crippen LogP contribution in [0.2, 0.25) is 0 Å². The molecular weight excluding hydrogens is 340 g/mol. The maximum atomic E-state index is 12.7. The Hall–Kier alpha value is -1.81. The molecule has 1 heterocycles. The zero-order valence-electron chi connectivity index (χ0n) is 15.1. The molecule has 0 aromatic heterocycles. The summed E-state index contributed by atoms with van der Waals surface area (Å²) in [7, 11) is 0. The highest BCUT2D eigenvalue weighted by Crippen LogP contribution is 2.48. The van der Waals surface area contributed by atoms with Crippen LogP contribution in [0.5, 0.6) is 0 Å². The molecule has 0 radical (unpaired) electrons. The highest BCUT2D eigenvalue weighted by molar-refractivity contribution is 6.19. The van der Waals surface area contributed by atoms with E-state index in [-0.39, 0.29) is 11.5 Å². The monoisotopic (exact) mass is 364 g/mol. The lowest BCUT2D eigenvalue weighted by Crippen LogP contribution is -2.34. The number of allylic oxidation sites excluding steroid dienone is 3. The molecule has 136 valence electrons. The molecule has 0 unspecified atom stereocenters. The number of rotatable bonds is 6. The number of hydrogen-bond donors (Lipinski definition) is 0. The Balaban J connectivity index is 2.59. The highest BCUT2D eigenvalue weighted by atomic mass is 35.5. The largest absolute Gasteiger partial charge is 0.447 e. The van der Waals surface area contributed by atoms with E-state index < -0.39 is 23.0 Å². The van der Waals surface area contributed by atoms with Gasteiger partial charge in [0.1, 0.15) is 5.57 Å². The van der Waals surface area contributed by atoms with Crippen molar-refractivity contribution in [2.45, 2.75) is 52.1 Å². The molecule has 1 aliphatic heterocycles. The van der Waals surface area contributed by atoms with Crippen LogP contribution in [0.4, 0.5) is 0 Å². The van der Waals surface area contributed by atoms with E-state index in [1.54, 1.807) is 32.9 Å². The van der Waals surface area contributed by atoms with Crippen molar-refractivity contribution in [3.8, 4) is 0 Å². The number of ether oxygens (including phenoxy) is 2. The summed E-state index contributed by atoms with van der Waals surface area (Å²) in [6.07, 6.45) is 6.37. The Morgan fingerprint density at radius 2 is 2.00 bits per heavy atom. The lowest BCUT2D eigenvalue weighted by atomic mass is 9.91. The van der Waals surface area contributed by atoms with Gasteiger partial charge in [0.15, 0.2) is 11.4 Å². The fraction of sp³-hybridized carbons (Fsp3) is 0.500. The third kappa shape index (κ3) is 3.59. The van der Waals surface area contributed by atoms with E-state index in [9.17, 15) is 9.59 Å². The first-order valence-electron chi connectivity index (χ1n) is 8.44. The predicted octanol–water partition coefficient (Wildman–Crippen LogP) is 4.61. The minimum absolute atomic E-state index is 0.117. The van der Waals surface area contributed by atoms with E-state index in [1.807, 2.05) is 0 Å². The fourth-order valence-corrected chi connectivity index (χ4v) is 3.20. The van der Waals surface area contributed by atoms with Gasteiger partial charge in [0.25, 0.3) is 0 Å². The number of carbonyl (C=O) groups is 2. The highest BCUT2D eigenvalue weighted by Gasteiger charge is 2.53. The van der Waals surface area contributed by atoms with Gasteiger partial charge in [-0.25, -0.2) is 4.79 Å². The van der Waals surface area contributed by atoms with Crippen molar-refractivity contribution < 1.29 is 19.1 Å². The minimum atomic E-state index is -0.864. The summed E-state index contributed by atoms with van der Waals surface area (Å²) in [4.78, 5) is 25.3. The van der Waals surface area contributed by atoms with Gasteiger partial charge in [-0.1, -0.05) is 30.9 Å². The quantitative estimate of drug-likeness (QED) is 0.392. The summed E-state index contributed by atoms with van der Waals surface area (Å²) in [5.74, 6) is -0.537. The van der Waals surface area contributed by atoms with Crippen molar-refractivity contribution >= 4 is 23.5 Å². The van der Waals surface area contributed by atoms with Crippen molar-refractivity contribution in [1.82, 2.24) is 0 Å². The molecule has 0 aromatic carbocycles. The zero-order chi connectivity index (χ0) is 18.8. The van der Waals surface area contributed by atoms with Crippen LogP contribution in [0, 0.1) is 5.41 Å². The molecule has 1 saturated carbocycles. The standard InChI is InChI=1S/C20H25ClO4/c1-6-9-14(13(2)3)15-16(24-18(23)19(4,5)12-21)20(25-17(15)22)10-7-8-11-20/h6,9H,1-2,7-8,10-12H2,3-5H3. The van der Waals surface area contributed by atoms with E-state index in [4.69, 9.17) is 21.1 Å². The van der Waals surface area contributed by atoms with E-state index in [0.717, 1.165) is 12.8 Å². The molecule has 0 N–H and O–H groups in total. The Bertz CT molecular complexity index is 676. The normalized spacial score (nSPS) is 20.0. The SMILES string of the molecule is C=CC=C(C(=C)C)C1=C(OC(=O)C(C)(C)CCl)C2(CCCC2)OC1=O. The maximum Gasteiger partial charge on any atom is 0.343 e. The first-order chi connectivity index (χ1) is 11.7. The first-order valence-corrected chi connectivity index (χ1v) is 8.97. The van der Waals surface area contributed by atoms with Gasteiger partial charge in [-0.2, -0.15) is 0 Å². The fourth-order valence-electron chi connectivity index (χ4n) is 3.09. The molecular formula is C20H25ClO4. The van der Waals surface area contributed by atoms with Crippen LogP contribution in [0.3, 0.4) is 0 Å². The van der Waals surface area contributed by atoms with Crippen molar-refractivity contribution in [3.05, 3.63) is 47.8 Å². The van der Waals surface area contributed by atoms with Gasteiger partial charge in [0, 0.05) is 5.88 Å². The average molecular weight is 365 g/mol. The Labute approximate surface area is 154 Å². The van der Waals surface area contributed by atoms with Crippen molar-refractivity contribution in [1.29, 1.82) is 0 Å². The third-order valence-electron chi connectivity index (χ3n) is 4.64. The molecule has 25 heavy (non-hydrogen) atoms. The molecule has 2 rings (SSSR count). The summed E-state index contributed by atoms with van der Waals surface area (Å²) in [5, 5.41) is 0. The van der Waals surface area contributed by atoms with E-state index in [0.29, 0.717) is 29.7 Å². The predicted molar refractivity (Wildman–Crippen MR) is 98.0 cm³/mol. The van der Waals surface area contributed by atoms with Gasteiger partial charge in [-0.05, 0) is 52.0 Å². The number of esters is 2. The van der Waals surface area contributed by atoms with Crippen molar-refractivity contribution in [3.63, 3.8) is 0 Å².